The summed E-state index contributed by atoms with van der Waals surface area (Å²) in [6.07, 6.45) is 1.80. The van der Waals surface area contributed by atoms with Crippen molar-refractivity contribution >= 4 is 34.3 Å². The number of nitrogens with two attached hydrogens (primary N) is 1. The summed E-state index contributed by atoms with van der Waals surface area (Å²) < 4.78 is 0.727. The van der Waals surface area contributed by atoms with Gasteiger partial charge in [0.05, 0.1) is 5.70 Å². The highest BCUT2D eigenvalue weighted by molar-refractivity contribution is 9.12. The molecule has 2 nitrogen and oxygen atoms in total. The third-order valence-electron chi connectivity index (χ3n) is 1.46. The fraction of sp³-hybridized carbons (Fsp3) is 0.375. The number of allylic oxidation sites excluding steroid dienone is 2. The van der Waals surface area contributed by atoms with Gasteiger partial charge in [0.1, 0.15) is 0 Å². The zero-order valence-corrected chi connectivity index (χ0v) is 9.58. The summed E-state index contributed by atoms with van der Waals surface area (Å²) in [6, 6.07) is 0. The maximum Gasteiger partial charge on any atom is 0.157 e. The predicted molar refractivity (Wildman–Crippen MR) is 58.4 cm³/mol. The van der Waals surface area contributed by atoms with Gasteiger partial charge in [0.15, 0.2) is 5.78 Å². The van der Waals surface area contributed by atoms with E-state index in [-0.39, 0.29) is 5.78 Å². The van der Waals surface area contributed by atoms with Crippen molar-refractivity contribution in [3.8, 4) is 0 Å². The molecule has 0 aliphatic rings. The van der Waals surface area contributed by atoms with E-state index in [1.54, 1.807) is 13.0 Å². The Bertz CT molecular complexity index is 245. The van der Waals surface area contributed by atoms with Crippen molar-refractivity contribution < 1.29 is 4.79 Å². The molecule has 0 radical (unpaired) electrons. The van der Waals surface area contributed by atoms with Gasteiger partial charge in [0.25, 0.3) is 0 Å². The highest BCUT2D eigenvalue weighted by atomic mass is 79.9. The highest BCUT2D eigenvalue weighted by Crippen LogP contribution is 2.16. The number of halogens is 1. The van der Waals surface area contributed by atoms with E-state index in [4.69, 9.17) is 5.73 Å². The largest absolute Gasteiger partial charge is 0.398 e. The van der Waals surface area contributed by atoms with Gasteiger partial charge in [-0.3, -0.25) is 4.79 Å². The van der Waals surface area contributed by atoms with Crippen LogP contribution < -0.4 is 5.73 Å². The molecule has 0 saturated heterocycles. The quantitative estimate of drug-likeness (QED) is 0.457. The first-order chi connectivity index (χ1) is 5.50. The summed E-state index contributed by atoms with van der Waals surface area (Å²) in [5, 5.41) is 0. The lowest BCUT2D eigenvalue weighted by molar-refractivity contribution is -0.113. The smallest absolute Gasteiger partial charge is 0.157 e. The van der Waals surface area contributed by atoms with Gasteiger partial charge in [-0.15, -0.1) is 0 Å². The number of ketones is 1. The average Bonchev–Trinajstić information content (AvgIpc) is 2.02. The first-order valence-electron chi connectivity index (χ1n) is 3.44. The topological polar surface area (TPSA) is 43.1 Å². The molecule has 0 aromatic carbocycles. The van der Waals surface area contributed by atoms with Gasteiger partial charge in [-0.05, 0) is 29.8 Å². The van der Waals surface area contributed by atoms with Crippen molar-refractivity contribution in [2.24, 2.45) is 5.73 Å². The van der Waals surface area contributed by atoms with Crippen LogP contribution in [0.4, 0.5) is 0 Å². The third-order valence-corrected chi connectivity index (χ3v) is 2.39. The van der Waals surface area contributed by atoms with Gasteiger partial charge < -0.3 is 5.73 Å². The van der Waals surface area contributed by atoms with Crippen LogP contribution in [-0.2, 0) is 4.79 Å². The minimum absolute atomic E-state index is 0.0167. The number of carbonyl (C=O) groups is 1. The highest BCUT2D eigenvalue weighted by Gasteiger charge is 2.04. The standard InChI is InChI=1S/C8H12BrNOS/c1-5(6(2)11)8(10)7(9)3-4-12/h3,12H,4,10H2,1-2H3/b7-3-,8-5-. The van der Waals surface area contributed by atoms with Gasteiger partial charge in [-0.1, -0.05) is 6.08 Å². The molecule has 68 valence electrons. The zero-order valence-electron chi connectivity index (χ0n) is 7.10. The zero-order chi connectivity index (χ0) is 9.72. The first kappa shape index (κ1) is 11.8. The second-order valence-corrected chi connectivity index (χ2v) is 3.55. The molecular formula is C8H12BrNOS. The SMILES string of the molecule is CC(=O)/C(C)=C(N)/C(Br)=C/CS. The molecule has 0 unspecified atom stereocenters. The second kappa shape index (κ2) is 5.43. The molecule has 0 fully saturated rings. The number of Topliss-reactive ketones (excluding diaryl/α,β-unsaturated/α-hetero) is 1. The van der Waals surface area contributed by atoms with Crippen LogP contribution in [0.15, 0.2) is 21.8 Å². The van der Waals surface area contributed by atoms with Gasteiger partial charge >= 0.3 is 0 Å². The van der Waals surface area contributed by atoms with E-state index in [0.29, 0.717) is 17.0 Å². The van der Waals surface area contributed by atoms with E-state index in [1.165, 1.54) is 6.92 Å². The average molecular weight is 250 g/mol. The Morgan fingerprint density at radius 1 is 1.58 bits per heavy atom. The van der Waals surface area contributed by atoms with Gasteiger partial charge in [0.2, 0.25) is 0 Å². The molecule has 0 bridgehead atoms. The number of carbonyl (C=O) groups excluding carboxylic acids is 1. The second-order valence-electron chi connectivity index (χ2n) is 2.33. The molecular weight excluding hydrogens is 238 g/mol. The molecule has 4 heteroatoms. The number of hydrogen-bond donors (Lipinski definition) is 2. The fourth-order valence-electron chi connectivity index (χ4n) is 0.559. The van der Waals surface area contributed by atoms with E-state index < -0.39 is 0 Å². The van der Waals surface area contributed by atoms with Crippen molar-refractivity contribution in [1.82, 2.24) is 0 Å². The van der Waals surface area contributed by atoms with E-state index >= 15 is 0 Å². The van der Waals surface area contributed by atoms with E-state index in [1.807, 2.05) is 0 Å². The maximum absolute atomic E-state index is 10.9. The van der Waals surface area contributed by atoms with Crippen molar-refractivity contribution in [3.05, 3.63) is 21.8 Å². The third kappa shape index (κ3) is 3.45. The molecule has 2 N–H and O–H groups in total. The summed E-state index contributed by atoms with van der Waals surface area (Å²) in [6.45, 7) is 3.19. The Hall–Kier alpha value is -0.220. The Kier molecular flexibility index (Phi) is 5.33. The first-order valence-corrected chi connectivity index (χ1v) is 4.87. The van der Waals surface area contributed by atoms with Crippen molar-refractivity contribution in [2.45, 2.75) is 13.8 Å². The Labute approximate surface area is 86.4 Å². The van der Waals surface area contributed by atoms with Crippen LogP contribution in [0, 0.1) is 0 Å². The Balaban J connectivity index is 4.78. The van der Waals surface area contributed by atoms with E-state index in [2.05, 4.69) is 28.6 Å². The molecule has 12 heavy (non-hydrogen) atoms. The maximum atomic E-state index is 10.9. The molecule has 0 rings (SSSR count). The number of thiol groups is 1. The minimum atomic E-state index is -0.0167. The Morgan fingerprint density at radius 2 is 2.08 bits per heavy atom. The minimum Gasteiger partial charge on any atom is -0.398 e. The van der Waals surface area contributed by atoms with Crippen molar-refractivity contribution in [3.63, 3.8) is 0 Å². The normalized spacial score (nSPS) is 14.2. The van der Waals surface area contributed by atoms with Gasteiger partial charge in [-0.2, -0.15) is 12.6 Å². The monoisotopic (exact) mass is 249 g/mol. The van der Waals surface area contributed by atoms with Crippen LogP contribution in [0.25, 0.3) is 0 Å². The molecule has 0 aliphatic carbocycles. The lowest BCUT2D eigenvalue weighted by Gasteiger charge is -2.02. The Morgan fingerprint density at radius 3 is 2.42 bits per heavy atom. The summed E-state index contributed by atoms with van der Waals surface area (Å²) in [5.41, 5.74) is 6.71. The van der Waals surface area contributed by atoms with E-state index in [0.717, 1.165) is 4.48 Å². The molecule has 0 spiro atoms. The molecule has 0 heterocycles. The van der Waals surface area contributed by atoms with Gasteiger partial charge in [-0.25, -0.2) is 0 Å². The predicted octanol–water partition coefficient (Wildman–Crippen LogP) is 2.02. The van der Waals surface area contributed by atoms with Crippen LogP contribution in [0.3, 0.4) is 0 Å². The van der Waals surface area contributed by atoms with Crippen LogP contribution in [-0.4, -0.2) is 11.5 Å². The van der Waals surface area contributed by atoms with Crippen LogP contribution in [0.5, 0.6) is 0 Å². The molecule has 0 aromatic rings. The van der Waals surface area contributed by atoms with Crippen LogP contribution in [0.1, 0.15) is 13.8 Å². The number of hydrogen-bond acceptors (Lipinski definition) is 3. The molecule has 0 saturated carbocycles. The van der Waals surface area contributed by atoms with Crippen LogP contribution >= 0.6 is 28.6 Å². The summed E-state index contributed by atoms with van der Waals surface area (Å²) in [7, 11) is 0. The summed E-state index contributed by atoms with van der Waals surface area (Å²) in [5.74, 6) is 0.573. The molecule has 0 amide bonds. The molecule has 0 aromatic heterocycles. The molecule has 0 atom stereocenters. The summed E-state index contributed by atoms with van der Waals surface area (Å²) >= 11 is 7.25. The van der Waals surface area contributed by atoms with Gasteiger partial charge in [0, 0.05) is 15.8 Å². The van der Waals surface area contributed by atoms with Crippen molar-refractivity contribution in [1.29, 1.82) is 0 Å². The molecule has 0 aliphatic heterocycles. The fourth-order valence-corrected chi connectivity index (χ4v) is 1.45. The van der Waals surface area contributed by atoms with Crippen LogP contribution in [0.2, 0.25) is 0 Å². The van der Waals surface area contributed by atoms with E-state index in [9.17, 15) is 4.79 Å². The lowest BCUT2D eigenvalue weighted by atomic mass is 10.1. The van der Waals surface area contributed by atoms with Crippen molar-refractivity contribution in [2.75, 3.05) is 5.75 Å². The summed E-state index contributed by atoms with van der Waals surface area (Å²) in [4.78, 5) is 10.9. The lowest BCUT2D eigenvalue weighted by Crippen LogP contribution is -2.06. The number of rotatable bonds is 3.